The molecule has 0 saturated carbocycles. The second-order valence-corrected chi connectivity index (χ2v) is 3.01. The maximum atomic E-state index is 4.30. The van der Waals surface area contributed by atoms with E-state index in [2.05, 4.69) is 15.0 Å². The number of H-pyrrole nitrogens is 1. The molecule has 0 saturated heterocycles. The lowest BCUT2D eigenvalue weighted by molar-refractivity contribution is 1.25. The maximum absolute atomic E-state index is 4.30. The third kappa shape index (κ3) is 1.88. The topological polar surface area (TPSA) is 41.0 Å². The van der Waals surface area contributed by atoms with Crippen molar-refractivity contribution in [2.75, 3.05) is 0 Å². The van der Waals surface area contributed by atoms with Gasteiger partial charge < -0.3 is 4.98 Å². The van der Waals surface area contributed by atoms with Gasteiger partial charge in [-0.3, -0.25) is 4.99 Å². The van der Waals surface area contributed by atoms with E-state index in [1.165, 1.54) is 0 Å². The van der Waals surface area contributed by atoms with Crippen LogP contribution in [0.3, 0.4) is 0 Å². The van der Waals surface area contributed by atoms with Gasteiger partial charge in [0.05, 0.1) is 18.2 Å². The van der Waals surface area contributed by atoms with E-state index < -0.39 is 0 Å². The largest absolute Gasteiger partial charge is 0.348 e. The van der Waals surface area contributed by atoms with E-state index in [-0.39, 0.29) is 0 Å². The zero-order chi connectivity index (χ0) is 9.80. The van der Waals surface area contributed by atoms with E-state index in [1.54, 1.807) is 12.5 Å². The van der Waals surface area contributed by atoms with Crippen molar-refractivity contribution in [1.82, 2.24) is 9.97 Å². The van der Waals surface area contributed by atoms with Gasteiger partial charge in [-0.1, -0.05) is 18.2 Å². The fraction of sp³-hybridized carbons (Fsp3) is 0.0909. The first kappa shape index (κ1) is 8.69. The minimum absolute atomic E-state index is 0.883. The number of aryl methyl sites for hydroxylation is 1. The van der Waals surface area contributed by atoms with Crippen LogP contribution in [0.1, 0.15) is 11.4 Å². The average molecular weight is 185 g/mol. The minimum Gasteiger partial charge on any atom is -0.348 e. The molecule has 0 aliphatic carbocycles. The first-order valence-electron chi connectivity index (χ1n) is 4.45. The number of rotatable bonds is 2. The van der Waals surface area contributed by atoms with Gasteiger partial charge in [0.2, 0.25) is 0 Å². The summed E-state index contributed by atoms with van der Waals surface area (Å²) in [4.78, 5) is 11.4. The lowest BCUT2D eigenvalue weighted by Crippen LogP contribution is -1.83. The SMILES string of the molecule is Cc1[nH]cnc1C=Nc1ccccc1. The van der Waals surface area contributed by atoms with Gasteiger partial charge in [-0.05, 0) is 19.1 Å². The Hall–Kier alpha value is -1.90. The minimum atomic E-state index is 0.883. The van der Waals surface area contributed by atoms with Crippen LogP contribution in [0.15, 0.2) is 41.7 Å². The summed E-state index contributed by atoms with van der Waals surface area (Å²) in [6.45, 7) is 1.97. The summed E-state index contributed by atoms with van der Waals surface area (Å²) in [7, 11) is 0. The van der Waals surface area contributed by atoms with Crippen molar-refractivity contribution in [2.24, 2.45) is 4.99 Å². The molecule has 1 aromatic heterocycles. The van der Waals surface area contributed by atoms with Crippen LogP contribution in [-0.4, -0.2) is 16.2 Å². The van der Waals surface area contributed by atoms with Crippen molar-refractivity contribution < 1.29 is 0 Å². The predicted molar refractivity (Wildman–Crippen MR) is 57.0 cm³/mol. The molecule has 0 radical (unpaired) electrons. The Morgan fingerprint density at radius 3 is 2.71 bits per heavy atom. The molecule has 0 spiro atoms. The fourth-order valence-corrected chi connectivity index (χ4v) is 1.15. The van der Waals surface area contributed by atoms with Crippen molar-refractivity contribution >= 4 is 11.9 Å². The van der Waals surface area contributed by atoms with Crippen LogP contribution in [0, 0.1) is 6.92 Å². The molecule has 3 heteroatoms. The Labute approximate surface area is 82.5 Å². The van der Waals surface area contributed by atoms with E-state index in [1.807, 2.05) is 37.3 Å². The van der Waals surface area contributed by atoms with Gasteiger partial charge in [0, 0.05) is 5.69 Å². The van der Waals surface area contributed by atoms with Crippen LogP contribution in [-0.2, 0) is 0 Å². The van der Waals surface area contributed by atoms with Crippen molar-refractivity contribution in [3.63, 3.8) is 0 Å². The Morgan fingerprint density at radius 2 is 2.07 bits per heavy atom. The fourth-order valence-electron chi connectivity index (χ4n) is 1.15. The monoisotopic (exact) mass is 185 g/mol. The van der Waals surface area contributed by atoms with Gasteiger partial charge in [0.1, 0.15) is 5.69 Å². The molecule has 70 valence electrons. The summed E-state index contributed by atoms with van der Waals surface area (Å²) in [5.41, 5.74) is 2.86. The van der Waals surface area contributed by atoms with Gasteiger partial charge in [0.25, 0.3) is 0 Å². The quantitative estimate of drug-likeness (QED) is 0.717. The average Bonchev–Trinajstić information content (AvgIpc) is 2.63. The third-order valence-corrected chi connectivity index (χ3v) is 1.96. The van der Waals surface area contributed by atoms with Crippen LogP contribution in [0.25, 0.3) is 0 Å². The molecule has 0 unspecified atom stereocenters. The normalized spacial score (nSPS) is 10.9. The van der Waals surface area contributed by atoms with Crippen LogP contribution >= 0.6 is 0 Å². The molecule has 0 bridgehead atoms. The number of imidazole rings is 1. The summed E-state index contributed by atoms with van der Waals surface area (Å²) < 4.78 is 0. The molecular weight excluding hydrogens is 174 g/mol. The number of hydrogen-bond acceptors (Lipinski definition) is 2. The van der Waals surface area contributed by atoms with Crippen LogP contribution < -0.4 is 0 Å². The molecule has 3 nitrogen and oxygen atoms in total. The van der Waals surface area contributed by atoms with Crippen molar-refractivity contribution in [3.05, 3.63) is 48.0 Å². The number of aromatic nitrogens is 2. The molecule has 2 aromatic rings. The van der Waals surface area contributed by atoms with Gasteiger partial charge >= 0.3 is 0 Å². The highest BCUT2D eigenvalue weighted by atomic mass is 14.9. The van der Waals surface area contributed by atoms with E-state index in [4.69, 9.17) is 0 Å². The number of benzene rings is 1. The molecule has 0 amide bonds. The lowest BCUT2D eigenvalue weighted by Gasteiger charge is -1.90. The van der Waals surface area contributed by atoms with Crippen LogP contribution in [0.2, 0.25) is 0 Å². The third-order valence-electron chi connectivity index (χ3n) is 1.96. The molecule has 1 N–H and O–H groups in total. The lowest BCUT2D eigenvalue weighted by atomic mass is 10.3. The number of hydrogen-bond donors (Lipinski definition) is 1. The smallest absolute Gasteiger partial charge is 0.102 e. The number of aliphatic imine (C=N–C) groups is 1. The number of nitrogens with one attached hydrogen (secondary N) is 1. The first-order valence-corrected chi connectivity index (χ1v) is 4.45. The standard InChI is InChI=1S/C11H11N3/c1-9-11(14-8-13-9)7-12-10-5-3-2-4-6-10/h2-8H,1H3,(H,13,14). The summed E-state index contributed by atoms with van der Waals surface area (Å²) in [6.07, 6.45) is 3.43. The highest BCUT2D eigenvalue weighted by molar-refractivity contribution is 5.80. The summed E-state index contributed by atoms with van der Waals surface area (Å²) >= 11 is 0. The number of nitrogens with zero attached hydrogens (tertiary/aromatic N) is 2. The number of aromatic amines is 1. The van der Waals surface area contributed by atoms with E-state index in [0.29, 0.717) is 0 Å². The summed E-state index contributed by atoms with van der Waals surface area (Å²) in [6, 6.07) is 9.81. The maximum Gasteiger partial charge on any atom is 0.102 e. The van der Waals surface area contributed by atoms with E-state index >= 15 is 0 Å². The Bertz CT molecular complexity index is 429. The molecule has 14 heavy (non-hydrogen) atoms. The van der Waals surface area contributed by atoms with Gasteiger partial charge in [-0.2, -0.15) is 0 Å². The second kappa shape index (κ2) is 3.87. The van der Waals surface area contributed by atoms with Crippen molar-refractivity contribution in [3.8, 4) is 0 Å². The first-order chi connectivity index (χ1) is 6.86. The van der Waals surface area contributed by atoms with E-state index in [9.17, 15) is 0 Å². The van der Waals surface area contributed by atoms with Gasteiger partial charge in [-0.15, -0.1) is 0 Å². The van der Waals surface area contributed by atoms with E-state index in [0.717, 1.165) is 17.1 Å². The molecule has 1 aromatic carbocycles. The summed E-state index contributed by atoms with van der Waals surface area (Å²) in [5, 5.41) is 0. The second-order valence-electron chi connectivity index (χ2n) is 3.01. The van der Waals surface area contributed by atoms with Crippen molar-refractivity contribution in [2.45, 2.75) is 6.92 Å². The molecule has 0 aliphatic heterocycles. The predicted octanol–water partition coefficient (Wildman–Crippen LogP) is 2.47. The van der Waals surface area contributed by atoms with Crippen molar-refractivity contribution in [1.29, 1.82) is 0 Å². The Balaban J connectivity index is 2.20. The molecule has 0 aliphatic rings. The molecule has 0 fully saturated rings. The van der Waals surface area contributed by atoms with Crippen LogP contribution in [0.4, 0.5) is 5.69 Å². The highest BCUT2D eigenvalue weighted by Gasteiger charge is 1.95. The van der Waals surface area contributed by atoms with Gasteiger partial charge in [0.15, 0.2) is 0 Å². The summed E-state index contributed by atoms with van der Waals surface area (Å²) in [5.74, 6) is 0. The van der Waals surface area contributed by atoms with Crippen LogP contribution in [0.5, 0.6) is 0 Å². The molecule has 2 rings (SSSR count). The molecular formula is C11H11N3. The highest BCUT2D eigenvalue weighted by Crippen LogP contribution is 2.09. The van der Waals surface area contributed by atoms with Gasteiger partial charge in [-0.25, -0.2) is 4.98 Å². The molecule has 0 atom stereocenters. The zero-order valence-electron chi connectivity index (χ0n) is 7.94. The zero-order valence-corrected chi connectivity index (χ0v) is 7.94. The Kier molecular flexibility index (Phi) is 2.40. The Morgan fingerprint density at radius 1 is 1.29 bits per heavy atom. The molecule has 1 heterocycles. The number of para-hydroxylation sites is 1.